The molecule has 11 heteroatoms. The van der Waals surface area contributed by atoms with Gasteiger partial charge in [0.25, 0.3) is 11.5 Å². The Morgan fingerprint density at radius 2 is 1.88 bits per heavy atom. The van der Waals surface area contributed by atoms with Gasteiger partial charge in [-0.1, -0.05) is 6.07 Å². The molecule has 9 nitrogen and oxygen atoms in total. The van der Waals surface area contributed by atoms with Gasteiger partial charge in [0.05, 0.1) is 36.0 Å². The second-order valence-corrected chi connectivity index (χ2v) is 8.22. The minimum Gasteiger partial charge on any atom is -0.493 e. The SMILES string of the molecule is COc1cc(NC(=O)c2cccs2)c(C(=O)OCc2cc(=O)n3ccsc3n2)cc1OC. The van der Waals surface area contributed by atoms with Crippen molar-refractivity contribution in [3.63, 3.8) is 0 Å². The van der Waals surface area contributed by atoms with E-state index in [1.54, 1.807) is 29.1 Å². The first-order chi connectivity index (χ1) is 15.5. The number of rotatable bonds is 7. The number of benzene rings is 1. The third kappa shape index (κ3) is 4.34. The van der Waals surface area contributed by atoms with E-state index in [0.29, 0.717) is 27.0 Å². The lowest BCUT2D eigenvalue weighted by atomic mass is 10.1. The molecule has 0 aliphatic rings. The Balaban J connectivity index is 1.61. The molecule has 0 saturated carbocycles. The maximum absolute atomic E-state index is 12.9. The number of anilines is 1. The maximum atomic E-state index is 12.9. The van der Waals surface area contributed by atoms with Crippen molar-refractivity contribution in [3.8, 4) is 11.5 Å². The molecule has 0 aliphatic heterocycles. The summed E-state index contributed by atoms with van der Waals surface area (Å²) in [4.78, 5) is 42.9. The summed E-state index contributed by atoms with van der Waals surface area (Å²) in [5.41, 5.74) is 0.321. The molecule has 3 heterocycles. The van der Waals surface area contributed by atoms with Crippen molar-refractivity contribution in [3.05, 3.63) is 73.8 Å². The molecule has 1 N–H and O–H groups in total. The summed E-state index contributed by atoms with van der Waals surface area (Å²) in [5, 5.41) is 6.23. The first-order valence-electron chi connectivity index (χ1n) is 9.24. The third-order valence-corrected chi connectivity index (χ3v) is 6.07. The molecule has 0 saturated heterocycles. The lowest BCUT2D eigenvalue weighted by Crippen LogP contribution is -2.17. The van der Waals surface area contributed by atoms with Crippen molar-refractivity contribution in [2.45, 2.75) is 6.61 Å². The molecule has 0 spiro atoms. The maximum Gasteiger partial charge on any atom is 0.340 e. The molecule has 0 aliphatic carbocycles. The molecule has 4 aromatic rings. The van der Waals surface area contributed by atoms with Gasteiger partial charge in [-0.3, -0.25) is 14.0 Å². The number of hydrogen-bond donors (Lipinski definition) is 1. The van der Waals surface area contributed by atoms with Crippen molar-refractivity contribution >= 4 is 45.2 Å². The molecular formula is C21H17N3O6S2. The number of hydrogen-bond acceptors (Lipinski definition) is 9. The van der Waals surface area contributed by atoms with Gasteiger partial charge in [0.1, 0.15) is 6.61 Å². The zero-order valence-electron chi connectivity index (χ0n) is 17.0. The number of carbonyl (C=O) groups excluding carboxylic acids is 2. The predicted octanol–water partition coefficient (Wildman–Crippen LogP) is 3.44. The van der Waals surface area contributed by atoms with Crippen LogP contribution in [-0.4, -0.2) is 35.5 Å². The van der Waals surface area contributed by atoms with Crippen molar-refractivity contribution in [2.24, 2.45) is 0 Å². The highest BCUT2D eigenvalue weighted by molar-refractivity contribution is 7.15. The highest BCUT2D eigenvalue weighted by atomic mass is 32.1. The van der Waals surface area contributed by atoms with E-state index in [9.17, 15) is 14.4 Å². The highest BCUT2D eigenvalue weighted by Gasteiger charge is 2.21. The van der Waals surface area contributed by atoms with E-state index in [-0.39, 0.29) is 29.3 Å². The summed E-state index contributed by atoms with van der Waals surface area (Å²) in [6.07, 6.45) is 1.62. The molecule has 0 atom stereocenters. The van der Waals surface area contributed by atoms with Crippen molar-refractivity contribution in [1.82, 2.24) is 9.38 Å². The number of methoxy groups -OCH3 is 2. The largest absolute Gasteiger partial charge is 0.493 e. The van der Waals surface area contributed by atoms with E-state index in [1.807, 2.05) is 0 Å². The summed E-state index contributed by atoms with van der Waals surface area (Å²) < 4.78 is 17.4. The Hall–Kier alpha value is -3.70. The number of nitrogens with zero attached hydrogens (tertiary/aromatic N) is 2. The molecule has 164 valence electrons. The monoisotopic (exact) mass is 471 g/mol. The Labute approximate surface area is 189 Å². The molecule has 0 fully saturated rings. The average molecular weight is 472 g/mol. The normalized spacial score (nSPS) is 10.7. The van der Waals surface area contributed by atoms with Gasteiger partial charge in [-0.05, 0) is 11.4 Å². The van der Waals surface area contributed by atoms with Gasteiger partial charge < -0.3 is 19.5 Å². The molecule has 32 heavy (non-hydrogen) atoms. The topological polar surface area (TPSA) is 108 Å². The average Bonchev–Trinajstić information content (AvgIpc) is 3.49. The fourth-order valence-corrected chi connectivity index (χ4v) is 4.28. The summed E-state index contributed by atoms with van der Waals surface area (Å²) in [6, 6.07) is 7.65. The molecule has 4 rings (SSSR count). The molecule has 0 unspecified atom stereocenters. The zero-order valence-corrected chi connectivity index (χ0v) is 18.6. The number of thiazole rings is 1. The predicted molar refractivity (Wildman–Crippen MR) is 120 cm³/mol. The number of nitrogens with one attached hydrogen (secondary N) is 1. The molecular weight excluding hydrogens is 454 g/mol. The van der Waals surface area contributed by atoms with Gasteiger partial charge in [-0.25, -0.2) is 9.78 Å². The molecule has 1 amide bonds. The summed E-state index contributed by atoms with van der Waals surface area (Å²) in [7, 11) is 2.89. The quantitative estimate of drug-likeness (QED) is 0.411. The van der Waals surface area contributed by atoms with Crippen LogP contribution in [0.1, 0.15) is 25.7 Å². The molecule has 0 bridgehead atoms. The number of thiophene rings is 1. The highest BCUT2D eigenvalue weighted by Crippen LogP contribution is 2.34. The number of carbonyl (C=O) groups is 2. The van der Waals surface area contributed by atoms with E-state index in [1.165, 1.54) is 59.5 Å². The van der Waals surface area contributed by atoms with E-state index in [4.69, 9.17) is 14.2 Å². The van der Waals surface area contributed by atoms with Crippen LogP contribution in [0.2, 0.25) is 0 Å². The summed E-state index contributed by atoms with van der Waals surface area (Å²) in [5.74, 6) is -0.465. The van der Waals surface area contributed by atoms with Crippen LogP contribution in [0.15, 0.2) is 52.1 Å². The van der Waals surface area contributed by atoms with Gasteiger partial charge in [0.15, 0.2) is 16.5 Å². The third-order valence-electron chi connectivity index (χ3n) is 4.44. The Kier molecular flexibility index (Phi) is 6.19. The van der Waals surface area contributed by atoms with Crippen LogP contribution < -0.4 is 20.3 Å². The van der Waals surface area contributed by atoms with Crippen molar-refractivity contribution in [1.29, 1.82) is 0 Å². The van der Waals surface area contributed by atoms with Crippen LogP contribution in [0.4, 0.5) is 5.69 Å². The van der Waals surface area contributed by atoms with Crippen molar-refractivity contribution in [2.75, 3.05) is 19.5 Å². The van der Waals surface area contributed by atoms with Gasteiger partial charge in [-0.2, -0.15) is 0 Å². The molecule has 1 aromatic carbocycles. The Morgan fingerprint density at radius 1 is 1.09 bits per heavy atom. The Bertz CT molecular complexity index is 1340. The lowest BCUT2D eigenvalue weighted by Gasteiger charge is -2.15. The molecule has 0 radical (unpaired) electrons. The van der Waals surface area contributed by atoms with Crippen molar-refractivity contribution < 1.29 is 23.8 Å². The van der Waals surface area contributed by atoms with Crippen LogP contribution in [-0.2, 0) is 11.3 Å². The van der Waals surface area contributed by atoms with Gasteiger partial charge >= 0.3 is 5.97 Å². The summed E-state index contributed by atoms with van der Waals surface area (Å²) in [6.45, 7) is -0.213. The number of esters is 1. The van der Waals surface area contributed by atoms with Gasteiger partial charge in [0, 0.05) is 29.8 Å². The Morgan fingerprint density at radius 3 is 2.59 bits per heavy atom. The second kappa shape index (κ2) is 9.20. The smallest absolute Gasteiger partial charge is 0.340 e. The van der Waals surface area contributed by atoms with E-state index < -0.39 is 5.97 Å². The van der Waals surface area contributed by atoms with Gasteiger partial charge in [-0.15, -0.1) is 22.7 Å². The lowest BCUT2D eigenvalue weighted by molar-refractivity contribution is 0.0468. The van der Waals surface area contributed by atoms with Crippen LogP contribution in [0.3, 0.4) is 0 Å². The number of fused-ring (bicyclic) bond motifs is 1. The second-order valence-electron chi connectivity index (χ2n) is 6.40. The molecule has 3 aromatic heterocycles. The minimum absolute atomic E-state index is 0.0708. The fraction of sp³-hybridized carbons (Fsp3) is 0.143. The first kappa shape index (κ1) is 21.5. The van der Waals surface area contributed by atoms with E-state index in [0.717, 1.165) is 0 Å². The standard InChI is InChI=1S/C21H17N3O6S2/c1-28-15-9-13(14(10-16(15)29-2)23-19(26)17-4-3-6-31-17)20(27)30-11-12-8-18(25)24-5-7-32-21(24)22-12/h3-10H,11H2,1-2H3,(H,23,26). The summed E-state index contributed by atoms with van der Waals surface area (Å²) >= 11 is 2.57. The van der Waals surface area contributed by atoms with Crippen LogP contribution in [0.25, 0.3) is 4.96 Å². The zero-order chi connectivity index (χ0) is 22.7. The fourth-order valence-electron chi connectivity index (χ4n) is 2.92. The van der Waals surface area contributed by atoms with E-state index in [2.05, 4.69) is 10.3 Å². The minimum atomic E-state index is -0.722. The van der Waals surface area contributed by atoms with Gasteiger partial charge in [0.2, 0.25) is 0 Å². The number of amides is 1. The first-order valence-corrected chi connectivity index (χ1v) is 11.0. The van der Waals surface area contributed by atoms with Crippen LogP contribution >= 0.6 is 22.7 Å². The number of ether oxygens (including phenoxy) is 3. The van der Waals surface area contributed by atoms with E-state index >= 15 is 0 Å². The number of aromatic nitrogens is 2. The van der Waals surface area contributed by atoms with Crippen LogP contribution in [0, 0.1) is 0 Å². The van der Waals surface area contributed by atoms with Crippen LogP contribution in [0.5, 0.6) is 11.5 Å².